The Hall–Kier alpha value is -1.11. The number of ether oxygens (including phenoxy) is 1. The van der Waals surface area contributed by atoms with E-state index < -0.39 is 10.2 Å². The third-order valence-electron chi connectivity index (χ3n) is 3.92. The van der Waals surface area contributed by atoms with Crippen LogP contribution < -0.4 is 9.46 Å². The zero-order valence-corrected chi connectivity index (χ0v) is 12.2. The molecule has 0 aromatic heterocycles. The molecule has 110 valence electrons. The second-order valence-corrected chi connectivity index (χ2v) is 7.20. The van der Waals surface area contributed by atoms with E-state index in [-0.39, 0.29) is 5.92 Å². The van der Waals surface area contributed by atoms with Crippen LogP contribution in [0.4, 0.5) is 0 Å². The van der Waals surface area contributed by atoms with Crippen LogP contribution in [0.15, 0.2) is 24.3 Å². The van der Waals surface area contributed by atoms with Crippen molar-refractivity contribution in [1.29, 1.82) is 0 Å². The van der Waals surface area contributed by atoms with Gasteiger partial charge in [0.15, 0.2) is 0 Å². The maximum atomic E-state index is 12.1. The summed E-state index contributed by atoms with van der Waals surface area (Å²) in [7, 11) is -3.31. The van der Waals surface area contributed by atoms with Crippen LogP contribution in [0.3, 0.4) is 0 Å². The van der Waals surface area contributed by atoms with Gasteiger partial charge in [0.25, 0.3) is 10.2 Å². The largest absolute Gasteiger partial charge is 0.493 e. The zero-order valence-electron chi connectivity index (χ0n) is 11.4. The maximum absolute atomic E-state index is 12.1. The zero-order chi connectivity index (χ0) is 14.0. The number of hydrogen-bond donors (Lipinski definition) is 1. The summed E-state index contributed by atoms with van der Waals surface area (Å²) in [6.07, 6.45) is 2.78. The first kappa shape index (κ1) is 13.9. The van der Waals surface area contributed by atoms with Crippen LogP contribution in [-0.2, 0) is 16.6 Å². The molecule has 0 radical (unpaired) electrons. The van der Waals surface area contributed by atoms with E-state index in [1.165, 1.54) is 4.31 Å². The molecule has 1 atom stereocenters. The number of fused-ring (bicyclic) bond motifs is 1. The second kappa shape index (κ2) is 5.71. The summed E-state index contributed by atoms with van der Waals surface area (Å²) >= 11 is 0. The molecule has 0 spiro atoms. The topological polar surface area (TPSA) is 58.6 Å². The summed E-state index contributed by atoms with van der Waals surface area (Å²) in [6, 6.07) is 7.94. The molecule has 0 amide bonds. The van der Waals surface area contributed by atoms with Crippen LogP contribution in [0.25, 0.3) is 0 Å². The Kier molecular flexibility index (Phi) is 3.96. The molecule has 20 heavy (non-hydrogen) atoms. The number of benzene rings is 1. The summed E-state index contributed by atoms with van der Waals surface area (Å²) in [6.45, 7) is 2.28. The first-order valence-corrected chi connectivity index (χ1v) is 8.54. The molecule has 0 aliphatic carbocycles. The highest BCUT2D eigenvalue weighted by Crippen LogP contribution is 2.26. The number of para-hydroxylation sites is 1. The number of rotatable bonds is 4. The van der Waals surface area contributed by atoms with Crippen molar-refractivity contribution in [2.45, 2.75) is 19.3 Å². The van der Waals surface area contributed by atoms with E-state index in [1.54, 1.807) is 0 Å². The standard InChI is InChI=1S/C14H20N2O3S/c17-20(18,16-7-3-4-8-16)15-10-12-9-13-5-1-2-6-14(13)19-11-12/h1-2,5-6,12,15H,3-4,7-11H2. The molecule has 1 saturated heterocycles. The molecule has 0 bridgehead atoms. The van der Waals surface area contributed by atoms with Crippen molar-refractivity contribution in [2.24, 2.45) is 5.92 Å². The lowest BCUT2D eigenvalue weighted by molar-refractivity contribution is 0.223. The molecule has 2 aliphatic rings. The average Bonchev–Trinajstić information content (AvgIpc) is 3.00. The summed E-state index contributed by atoms with van der Waals surface area (Å²) in [4.78, 5) is 0. The number of hydrogen-bond acceptors (Lipinski definition) is 3. The van der Waals surface area contributed by atoms with Crippen LogP contribution in [0.2, 0.25) is 0 Å². The van der Waals surface area contributed by atoms with E-state index in [0.29, 0.717) is 26.2 Å². The van der Waals surface area contributed by atoms with E-state index >= 15 is 0 Å². The van der Waals surface area contributed by atoms with Crippen molar-refractivity contribution in [1.82, 2.24) is 9.03 Å². The number of nitrogens with zero attached hydrogens (tertiary/aromatic N) is 1. The van der Waals surface area contributed by atoms with Crippen molar-refractivity contribution in [3.8, 4) is 5.75 Å². The van der Waals surface area contributed by atoms with Crippen molar-refractivity contribution in [2.75, 3.05) is 26.2 Å². The van der Waals surface area contributed by atoms with Crippen molar-refractivity contribution in [3.05, 3.63) is 29.8 Å². The fourth-order valence-corrected chi connectivity index (χ4v) is 4.13. The highest BCUT2D eigenvalue weighted by molar-refractivity contribution is 7.87. The van der Waals surface area contributed by atoms with Crippen molar-refractivity contribution >= 4 is 10.2 Å². The molecule has 0 saturated carbocycles. The van der Waals surface area contributed by atoms with Gasteiger partial charge < -0.3 is 4.74 Å². The Morgan fingerprint density at radius 3 is 2.80 bits per heavy atom. The summed E-state index contributed by atoms with van der Waals surface area (Å²) < 4.78 is 34.1. The van der Waals surface area contributed by atoms with Gasteiger partial charge in [0, 0.05) is 25.6 Å². The second-order valence-electron chi connectivity index (χ2n) is 5.45. The van der Waals surface area contributed by atoms with Crippen LogP contribution >= 0.6 is 0 Å². The third kappa shape index (κ3) is 2.97. The van der Waals surface area contributed by atoms with Crippen LogP contribution in [0.1, 0.15) is 18.4 Å². The minimum Gasteiger partial charge on any atom is -0.493 e. The predicted molar refractivity (Wildman–Crippen MR) is 76.9 cm³/mol. The van der Waals surface area contributed by atoms with Gasteiger partial charge in [-0.1, -0.05) is 18.2 Å². The lowest BCUT2D eigenvalue weighted by Gasteiger charge is -2.26. The Bertz CT molecular complexity index is 568. The SMILES string of the molecule is O=S(=O)(NCC1COc2ccccc2C1)N1CCCC1. The molecular weight excluding hydrogens is 276 g/mol. The Labute approximate surface area is 120 Å². The molecule has 1 fully saturated rings. The normalized spacial score (nSPS) is 23.3. The fraction of sp³-hybridized carbons (Fsp3) is 0.571. The number of nitrogens with one attached hydrogen (secondary N) is 1. The molecule has 1 aromatic carbocycles. The summed E-state index contributed by atoms with van der Waals surface area (Å²) in [5.74, 6) is 1.12. The summed E-state index contributed by atoms with van der Waals surface area (Å²) in [5, 5.41) is 0. The molecule has 1 unspecified atom stereocenters. The quantitative estimate of drug-likeness (QED) is 0.907. The molecule has 1 aromatic rings. The van der Waals surface area contributed by atoms with Gasteiger partial charge in [0.2, 0.25) is 0 Å². The molecule has 2 heterocycles. The minimum atomic E-state index is -3.31. The van der Waals surface area contributed by atoms with Gasteiger partial charge in [0.05, 0.1) is 6.61 Å². The van der Waals surface area contributed by atoms with Gasteiger partial charge in [-0.15, -0.1) is 0 Å². The van der Waals surface area contributed by atoms with E-state index in [1.807, 2.05) is 24.3 Å². The third-order valence-corrected chi connectivity index (χ3v) is 5.49. The van der Waals surface area contributed by atoms with Gasteiger partial charge in [0.1, 0.15) is 5.75 Å². The highest BCUT2D eigenvalue weighted by Gasteiger charge is 2.27. The van der Waals surface area contributed by atoms with Crippen molar-refractivity contribution in [3.63, 3.8) is 0 Å². The monoisotopic (exact) mass is 296 g/mol. The lowest BCUT2D eigenvalue weighted by atomic mass is 9.97. The smallest absolute Gasteiger partial charge is 0.279 e. The van der Waals surface area contributed by atoms with E-state index in [4.69, 9.17) is 4.74 Å². The van der Waals surface area contributed by atoms with E-state index in [9.17, 15) is 8.42 Å². The summed E-state index contributed by atoms with van der Waals surface area (Å²) in [5.41, 5.74) is 1.16. The van der Waals surface area contributed by atoms with Gasteiger partial charge in [-0.25, -0.2) is 4.72 Å². The molecular formula is C14H20N2O3S. The van der Waals surface area contributed by atoms with Gasteiger partial charge in [-0.05, 0) is 30.9 Å². The van der Waals surface area contributed by atoms with Crippen LogP contribution in [-0.4, -0.2) is 39.0 Å². The molecule has 1 N–H and O–H groups in total. The van der Waals surface area contributed by atoms with Crippen LogP contribution in [0, 0.1) is 5.92 Å². The molecule has 3 rings (SSSR count). The van der Waals surface area contributed by atoms with Gasteiger partial charge in [-0.2, -0.15) is 12.7 Å². The first-order valence-electron chi connectivity index (χ1n) is 7.10. The Morgan fingerprint density at radius 2 is 2.00 bits per heavy atom. The minimum absolute atomic E-state index is 0.197. The van der Waals surface area contributed by atoms with Gasteiger partial charge in [-0.3, -0.25) is 0 Å². The lowest BCUT2D eigenvalue weighted by Crippen LogP contribution is -2.42. The van der Waals surface area contributed by atoms with E-state index in [2.05, 4.69) is 4.72 Å². The van der Waals surface area contributed by atoms with Gasteiger partial charge >= 0.3 is 0 Å². The first-order chi connectivity index (χ1) is 9.65. The molecule has 6 heteroatoms. The van der Waals surface area contributed by atoms with Crippen molar-refractivity contribution < 1.29 is 13.2 Å². The average molecular weight is 296 g/mol. The highest BCUT2D eigenvalue weighted by atomic mass is 32.2. The molecule has 2 aliphatic heterocycles. The Morgan fingerprint density at radius 1 is 1.25 bits per heavy atom. The van der Waals surface area contributed by atoms with E-state index in [0.717, 1.165) is 30.6 Å². The molecule has 5 nitrogen and oxygen atoms in total. The predicted octanol–water partition coefficient (Wildman–Crippen LogP) is 1.17. The fourth-order valence-electron chi connectivity index (χ4n) is 2.76. The Balaban J connectivity index is 1.57. The van der Waals surface area contributed by atoms with Crippen LogP contribution in [0.5, 0.6) is 5.75 Å². The maximum Gasteiger partial charge on any atom is 0.279 e.